The summed E-state index contributed by atoms with van der Waals surface area (Å²) in [5.41, 5.74) is 0. The number of halogens is 6. The van der Waals surface area contributed by atoms with Crippen LogP contribution in [0.25, 0.3) is 0 Å². The molecule has 0 radical (unpaired) electrons. The smallest absolute Gasteiger partial charge is 0.156 e. The fourth-order valence-corrected chi connectivity index (χ4v) is 2.79. The van der Waals surface area contributed by atoms with Gasteiger partial charge < -0.3 is 14.2 Å². The topological polar surface area (TPSA) is 27.7 Å². The summed E-state index contributed by atoms with van der Waals surface area (Å²) >= 11 is 30.0. The van der Waals surface area contributed by atoms with Crippen molar-refractivity contribution in [3.8, 4) is 11.5 Å². The van der Waals surface area contributed by atoms with Gasteiger partial charge in [-0.05, 0) is 63.3 Å². The molecule has 0 saturated carbocycles. The number of rotatable bonds is 12. The van der Waals surface area contributed by atoms with Crippen LogP contribution in [0.15, 0.2) is 32.2 Å². The van der Waals surface area contributed by atoms with E-state index in [4.69, 9.17) is 60.6 Å². The highest BCUT2D eigenvalue weighted by Crippen LogP contribution is 2.37. The molecule has 0 aliphatic heterocycles. The summed E-state index contributed by atoms with van der Waals surface area (Å²) in [5, 5.41) is 0.785. The molecule has 0 aliphatic rings. The Morgan fingerprint density at radius 3 is 2.15 bits per heavy atom. The summed E-state index contributed by atoms with van der Waals surface area (Å²) in [7, 11) is 0. The highest BCUT2D eigenvalue weighted by atomic mass is 79.9. The monoisotopic (exact) mass is 568 g/mol. The molecule has 1 aromatic carbocycles. The molecule has 0 N–H and O–H groups in total. The van der Waals surface area contributed by atoms with Crippen LogP contribution in [-0.4, -0.2) is 26.4 Å². The van der Waals surface area contributed by atoms with E-state index in [1.54, 1.807) is 12.1 Å². The van der Waals surface area contributed by atoms with Gasteiger partial charge in [0.05, 0.1) is 26.7 Å². The van der Waals surface area contributed by atoms with Gasteiger partial charge in [0.15, 0.2) is 5.75 Å². The second-order valence-electron chi connectivity index (χ2n) is 5.00. The molecular weight excluding hydrogens is 554 g/mol. The molecule has 0 aliphatic carbocycles. The predicted molar refractivity (Wildman–Crippen MR) is 118 cm³/mol. The zero-order chi connectivity index (χ0) is 19.4. The Hall–Kier alpha value is 0.380. The number of ether oxygens (including phenoxy) is 3. The van der Waals surface area contributed by atoms with Crippen molar-refractivity contribution in [1.82, 2.24) is 0 Å². The van der Waals surface area contributed by atoms with Gasteiger partial charge in [0.25, 0.3) is 0 Å². The Morgan fingerprint density at radius 2 is 1.54 bits per heavy atom. The molecule has 3 nitrogen and oxygen atoms in total. The highest BCUT2D eigenvalue weighted by Gasteiger charge is 2.10. The summed E-state index contributed by atoms with van der Waals surface area (Å²) in [4.78, 5) is 0. The van der Waals surface area contributed by atoms with E-state index in [1.165, 1.54) is 6.08 Å². The first-order chi connectivity index (χ1) is 12.4. The van der Waals surface area contributed by atoms with Crippen molar-refractivity contribution in [3.63, 3.8) is 0 Å². The van der Waals surface area contributed by atoms with Gasteiger partial charge in [0.2, 0.25) is 0 Å². The maximum absolute atomic E-state index is 6.21. The first-order valence-electron chi connectivity index (χ1n) is 7.75. The standard InChI is InChI=1S/C17H18Br2Cl4O3/c18-15(19)4-8-24-6-2-1-3-7-26-17-13(20)10-12(11-14(17)21)25-9-5-16(22)23/h4-5,10-11H,1-3,6-9H2. The number of unbranched alkanes of at least 4 members (excludes halogenated alkanes) is 2. The average Bonchev–Trinajstić information content (AvgIpc) is 2.54. The van der Waals surface area contributed by atoms with Gasteiger partial charge in [0, 0.05) is 18.7 Å². The van der Waals surface area contributed by atoms with Crippen LogP contribution in [0, 0.1) is 0 Å². The van der Waals surface area contributed by atoms with Crippen molar-refractivity contribution >= 4 is 78.3 Å². The zero-order valence-corrected chi connectivity index (χ0v) is 19.9. The summed E-state index contributed by atoms with van der Waals surface area (Å²) in [6.07, 6.45) is 6.25. The number of hydrogen-bond donors (Lipinski definition) is 0. The van der Waals surface area contributed by atoms with Crippen LogP contribution >= 0.6 is 78.3 Å². The fraction of sp³-hybridized carbons (Fsp3) is 0.412. The maximum atomic E-state index is 6.21. The summed E-state index contributed by atoms with van der Waals surface area (Å²) in [6.45, 7) is 2.03. The summed E-state index contributed by atoms with van der Waals surface area (Å²) in [5.74, 6) is 0.967. The van der Waals surface area contributed by atoms with Gasteiger partial charge in [-0.2, -0.15) is 0 Å². The van der Waals surface area contributed by atoms with Gasteiger partial charge in [-0.3, -0.25) is 0 Å². The van der Waals surface area contributed by atoms with Gasteiger partial charge in [-0.25, -0.2) is 0 Å². The van der Waals surface area contributed by atoms with E-state index in [-0.39, 0.29) is 11.1 Å². The molecule has 26 heavy (non-hydrogen) atoms. The Balaban J connectivity index is 2.30. The lowest BCUT2D eigenvalue weighted by Gasteiger charge is -2.12. The van der Waals surface area contributed by atoms with Crippen LogP contribution in [-0.2, 0) is 4.74 Å². The predicted octanol–water partition coefficient (Wildman–Crippen LogP) is 7.89. The highest BCUT2D eigenvalue weighted by molar-refractivity contribution is 9.28. The summed E-state index contributed by atoms with van der Waals surface area (Å²) in [6, 6.07) is 3.28. The Kier molecular flexibility index (Phi) is 13.5. The van der Waals surface area contributed by atoms with Gasteiger partial charge >= 0.3 is 0 Å². The SMILES string of the molecule is ClC(Cl)=CCOc1cc(Cl)c(OCCCCCOCC=C(Br)Br)c(Cl)c1. The summed E-state index contributed by atoms with van der Waals surface area (Å²) < 4.78 is 17.6. The van der Waals surface area contributed by atoms with Crippen molar-refractivity contribution in [1.29, 1.82) is 0 Å². The molecular formula is C17H18Br2Cl4O3. The molecule has 0 fully saturated rings. The van der Waals surface area contributed by atoms with Crippen molar-refractivity contribution in [2.24, 2.45) is 0 Å². The molecule has 0 unspecified atom stereocenters. The maximum Gasteiger partial charge on any atom is 0.156 e. The van der Waals surface area contributed by atoms with E-state index in [2.05, 4.69) is 31.9 Å². The molecule has 0 saturated heterocycles. The second kappa shape index (κ2) is 14.4. The third-order valence-electron chi connectivity index (χ3n) is 2.99. The van der Waals surface area contributed by atoms with E-state index >= 15 is 0 Å². The third-order valence-corrected chi connectivity index (χ3v) is 4.51. The first kappa shape index (κ1) is 24.4. The molecule has 146 valence electrons. The lowest BCUT2D eigenvalue weighted by atomic mass is 10.2. The largest absolute Gasteiger partial charge is 0.490 e. The van der Waals surface area contributed by atoms with Crippen LogP contribution in [0.2, 0.25) is 10.0 Å². The van der Waals surface area contributed by atoms with E-state index in [0.29, 0.717) is 41.4 Å². The molecule has 9 heteroatoms. The van der Waals surface area contributed by atoms with E-state index in [9.17, 15) is 0 Å². The van der Waals surface area contributed by atoms with Gasteiger partial charge in [-0.15, -0.1) is 0 Å². The van der Waals surface area contributed by atoms with Crippen LogP contribution in [0.1, 0.15) is 19.3 Å². The lowest BCUT2D eigenvalue weighted by molar-refractivity contribution is 0.155. The molecule has 0 amide bonds. The van der Waals surface area contributed by atoms with Crippen LogP contribution in [0.5, 0.6) is 11.5 Å². The minimum Gasteiger partial charge on any atom is -0.490 e. The van der Waals surface area contributed by atoms with E-state index in [0.717, 1.165) is 22.7 Å². The Morgan fingerprint density at radius 1 is 0.885 bits per heavy atom. The normalized spacial score (nSPS) is 10.4. The first-order valence-corrected chi connectivity index (χ1v) is 10.8. The minimum absolute atomic E-state index is 0.139. The van der Waals surface area contributed by atoms with Crippen LogP contribution in [0.3, 0.4) is 0 Å². The lowest BCUT2D eigenvalue weighted by Crippen LogP contribution is -2.01. The third kappa shape index (κ3) is 11.3. The van der Waals surface area contributed by atoms with E-state index < -0.39 is 0 Å². The average molecular weight is 572 g/mol. The fourth-order valence-electron chi connectivity index (χ4n) is 1.82. The van der Waals surface area contributed by atoms with Gasteiger partial charge in [0.1, 0.15) is 16.8 Å². The van der Waals surface area contributed by atoms with Crippen LogP contribution < -0.4 is 9.47 Å². The van der Waals surface area contributed by atoms with Crippen molar-refractivity contribution in [3.05, 3.63) is 42.2 Å². The molecule has 1 aromatic rings. The number of hydrogen-bond acceptors (Lipinski definition) is 3. The molecule has 0 atom stereocenters. The second-order valence-corrected chi connectivity index (χ2v) is 9.59. The zero-order valence-electron chi connectivity index (χ0n) is 13.8. The minimum atomic E-state index is 0.139. The quantitative estimate of drug-likeness (QED) is 0.239. The Labute approximate surface area is 190 Å². The molecule has 1 rings (SSSR count). The van der Waals surface area contributed by atoms with Crippen molar-refractivity contribution in [2.45, 2.75) is 19.3 Å². The molecule has 0 aromatic heterocycles. The molecule has 0 bridgehead atoms. The van der Waals surface area contributed by atoms with Crippen molar-refractivity contribution < 1.29 is 14.2 Å². The molecule has 0 heterocycles. The van der Waals surface area contributed by atoms with E-state index in [1.807, 2.05) is 6.08 Å². The molecule has 0 spiro atoms. The Bertz CT molecular complexity index is 593. The number of benzene rings is 1. The van der Waals surface area contributed by atoms with Crippen molar-refractivity contribution in [2.75, 3.05) is 26.4 Å². The van der Waals surface area contributed by atoms with Gasteiger partial charge in [-0.1, -0.05) is 46.4 Å². The van der Waals surface area contributed by atoms with Crippen LogP contribution in [0.4, 0.5) is 0 Å².